The first-order chi connectivity index (χ1) is 4.34. The summed E-state index contributed by atoms with van der Waals surface area (Å²) >= 11 is 0. The predicted molar refractivity (Wildman–Crippen MR) is 45.5 cm³/mol. The van der Waals surface area contributed by atoms with Gasteiger partial charge in [0.2, 0.25) is 0 Å². The van der Waals surface area contributed by atoms with Gasteiger partial charge in [0, 0.05) is 32.8 Å². The van der Waals surface area contributed by atoms with E-state index < -0.39 is 0 Å². The van der Waals surface area contributed by atoms with Crippen LogP contribution in [0.15, 0.2) is 24.3 Å². The topological polar surface area (TPSA) is 40.5 Å². The Hall–Kier alpha value is -0.358. The van der Waals surface area contributed by atoms with Gasteiger partial charge in [-0.15, -0.1) is 0 Å². The molecule has 0 aliphatic heterocycles. The fraction of sp³-hybridized carbons (Fsp3) is 0.143. The molecule has 1 rings (SSSR count). The molecule has 1 aromatic carbocycles. The molecule has 0 aliphatic carbocycles. The van der Waals surface area contributed by atoms with Gasteiger partial charge >= 0.3 is 0 Å². The zero-order valence-corrected chi connectivity index (χ0v) is 6.49. The van der Waals surface area contributed by atoms with Gasteiger partial charge in [0.25, 0.3) is 0 Å². The summed E-state index contributed by atoms with van der Waals surface area (Å²) in [5.74, 6) is 0.153. The van der Waals surface area contributed by atoms with Crippen LogP contribution in [-0.4, -0.2) is 37.5 Å². The van der Waals surface area contributed by atoms with Gasteiger partial charge in [-0.2, -0.15) is 0 Å². The summed E-state index contributed by atoms with van der Waals surface area (Å²) in [5.41, 5.74) is 0.567. The third-order valence-electron chi connectivity index (χ3n) is 1.16. The van der Waals surface area contributed by atoms with Crippen molar-refractivity contribution in [1.82, 2.24) is 0 Å². The summed E-state index contributed by atoms with van der Waals surface area (Å²) in [6.07, 6.45) is 0. The van der Waals surface area contributed by atoms with E-state index in [0.29, 0.717) is 5.56 Å². The van der Waals surface area contributed by atoms with Crippen molar-refractivity contribution in [2.75, 3.05) is 0 Å². The number of aliphatic hydroxyl groups is 1. The van der Waals surface area contributed by atoms with Gasteiger partial charge in [-0.3, -0.25) is 0 Å². The van der Waals surface area contributed by atoms with Gasteiger partial charge in [0.05, 0.1) is 6.61 Å². The quantitative estimate of drug-likeness (QED) is 0.546. The van der Waals surface area contributed by atoms with Crippen LogP contribution in [0.3, 0.4) is 0 Å². The van der Waals surface area contributed by atoms with Gasteiger partial charge in [-0.25, -0.2) is 0 Å². The van der Waals surface area contributed by atoms with Gasteiger partial charge in [0.15, 0.2) is 0 Å². The van der Waals surface area contributed by atoms with E-state index in [2.05, 4.69) is 0 Å². The minimum absolute atomic E-state index is 0. The first-order valence-electron chi connectivity index (χ1n) is 2.72. The number of aromatic hydroxyl groups is 1. The van der Waals surface area contributed by atoms with Crippen molar-refractivity contribution in [2.24, 2.45) is 0 Å². The Balaban J connectivity index is 0. The Kier molecular flexibility index (Phi) is 7.66. The fourth-order valence-electron chi connectivity index (χ4n) is 0.645. The Bertz CT molecular complexity index is 205. The van der Waals surface area contributed by atoms with Crippen LogP contribution in [0.4, 0.5) is 0 Å². The predicted octanol–water partition coefficient (Wildman–Crippen LogP) is 0.123. The monoisotopic (exact) mass is 142 g/mol. The molecule has 0 fully saturated rings. The van der Waals surface area contributed by atoms with Crippen molar-refractivity contribution in [3.63, 3.8) is 0 Å². The Morgan fingerprint density at radius 1 is 1.18 bits per heavy atom. The van der Waals surface area contributed by atoms with Crippen molar-refractivity contribution >= 4 is 27.3 Å². The number of phenols is 1. The number of para-hydroxylation sites is 1. The van der Waals surface area contributed by atoms with E-state index in [1.54, 1.807) is 24.3 Å². The molecule has 0 spiro atoms. The molecule has 0 unspecified atom stereocenters. The maximum atomic E-state index is 8.95. The number of benzene rings is 1. The first-order valence-corrected chi connectivity index (χ1v) is 2.72. The van der Waals surface area contributed by atoms with Gasteiger partial charge in [-0.05, 0) is 6.07 Å². The zero-order valence-electron chi connectivity index (χ0n) is 6.49. The summed E-state index contributed by atoms with van der Waals surface area (Å²) in [6, 6.07) is 6.71. The summed E-state index contributed by atoms with van der Waals surface area (Å²) in [4.78, 5) is 0. The molecule has 0 amide bonds. The van der Waals surface area contributed by atoms with Crippen LogP contribution in [0.1, 0.15) is 5.56 Å². The van der Waals surface area contributed by atoms with Crippen LogP contribution in [0.25, 0.3) is 0 Å². The van der Waals surface area contributed by atoms with E-state index in [1.165, 1.54) is 0 Å². The molecule has 1 aromatic rings. The van der Waals surface area contributed by atoms with Crippen LogP contribution in [0.2, 0.25) is 0 Å². The molecule has 2 N–H and O–H groups in total. The molecule has 52 valence electrons. The minimum Gasteiger partial charge on any atom is -0.508 e. The Morgan fingerprint density at radius 3 is 2.09 bits per heavy atom. The maximum Gasteiger partial charge on any atom is 0.121 e. The second kappa shape index (κ2) is 6.36. The molecule has 0 saturated heterocycles. The normalized spacial score (nSPS) is 7.73. The van der Waals surface area contributed by atoms with Gasteiger partial charge in [-0.1, -0.05) is 18.2 Å². The molecular weight excluding hydrogens is 134 g/mol. The number of hydrogen-bond acceptors (Lipinski definition) is 2. The van der Waals surface area contributed by atoms with Crippen molar-refractivity contribution in [2.45, 2.75) is 6.61 Å². The summed E-state index contributed by atoms with van der Waals surface area (Å²) in [7, 11) is 0. The second-order valence-corrected chi connectivity index (χ2v) is 1.79. The third-order valence-corrected chi connectivity index (χ3v) is 1.16. The smallest absolute Gasteiger partial charge is 0.121 e. The van der Waals surface area contributed by atoms with Crippen molar-refractivity contribution in [3.05, 3.63) is 29.8 Å². The molecule has 0 saturated carbocycles. The van der Waals surface area contributed by atoms with Crippen molar-refractivity contribution < 1.29 is 10.2 Å². The van der Waals surface area contributed by atoms with E-state index in [0.717, 1.165) is 0 Å². The minimum atomic E-state index is -0.104. The van der Waals surface area contributed by atoms with E-state index in [4.69, 9.17) is 10.2 Å². The third kappa shape index (κ3) is 3.52. The van der Waals surface area contributed by atoms with Crippen LogP contribution < -0.4 is 0 Å². The van der Waals surface area contributed by atoms with E-state index in [1.807, 2.05) is 0 Å². The fourth-order valence-corrected chi connectivity index (χ4v) is 0.645. The summed E-state index contributed by atoms with van der Waals surface area (Å²) in [6.45, 7) is -0.104. The van der Waals surface area contributed by atoms with E-state index in [-0.39, 0.29) is 39.6 Å². The van der Waals surface area contributed by atoms with Gasteiger partial charge in [0.1, 0.15) is 5.75 Å². The molecule has 4 heteroatoms. The Labute approximate surface area is 80.0 Å². The van der Waals surface area contributed by atoms with Gasteiger partial charge < -0.3 is 10.2 Å². The molecule has 0 atom stereocenters. The second-order valence-electron chi connectivity index (χ2n) is 1.79. The number of aliphatic hydroxyl groups excluding tert-OH is 1. The zero-order chi connectivity index (χ0) is 6.69. The van der Waals surface area contributed by atoms with Crippen LogP contribution >= 0.6 is 0 Å². The molecule has 0 bridgehead atoms. The number of hydrogen-bond donors (Lipinski definition) is 2. The Morgan fingerprint density at radius 2 is 1.73 bits per heavy atom. The van der Waals surface area contributed by atoms with Crippen LogP contribution in [0, 0.1) is 0 Å². The summed E-state index contributed by atoms with van der Waals surface area (Å²) < 4.78 is 0. The summed E-state index contributed by atoms with van der Waals surface area (Å²) in [5, 5.41) is 17.5. The molecule has 11 heavy (non-hydrogen) atoms. The maximum absolute atomic E-state index is 8.95. The van der Waals surface area contributed by atoms with E-state index >= 15 is 0 Å². The molecule has 0 aliphatic rings. The van der Waals surface area contributed by atoms with Crippen molar-refractivity contribution in [3.8, 4) is 5.75 Å². The van der Waals surface area contributed by atoms with Crippen LogP contribution in [-0.2, 0) is 6.61 Å². The number of rotatable bonds is 1. The average molecular weight is 142 g/mol. The standard InChI is InChI=1S/C7H8O2.B.Li/c8-5-6-3-1-2-4-7(6)9;;/h1-4,8-9H,5H2;;. The first kappa shape index (κ1) is 13.2. The molecule has 2 nitrogen and oxygen atoms in total. The van der Waals surface area contributed by atoms with E-state index in [9.17, 15) is 0 Å². The molecule has 0 heterocycles. The van der Waals surface area contributed by atoms with Crippen molar-refractivity contribution in [1.29, 1.82) is 0 Å². The van der Waals surface area contributed by atoms with Crippen LogP contribution in [0.5, 0.6) is 5.75 Å². The molecule has 0 aromatic heterocycles. The average Bonchev–Trinajstić information content (AvgIpc) is 1.89. The largest absolute Gasteiger partial charge is 0.508 e. The molecule has 4 radical (unpaired) electrons. The molecular formula is C7H8BLiO2. The SMILES string of the molecule is OCc1ccccc1O.[B].[Li].